The van der Waals surface area contributed by atoms with Crippen LogP contribution in [0.4, 0.5) is 0 Å². The first-order valence-corrected chi connectivity index (χ1v) is 5.23. The number of rotatable bonds is 4. The summed E-state index contributed by atoms with van der Waals surface area (Å²) in [6.45, 7) is 1.68. The van der Waals surface area contributed by atoms with Gasteiger partial charge in [0, 0.05) is 19.5 Å². The van der Waals surface area contributed by atoms with Crippen molar-refractivity contribution < 1.29 is 4.79 Å². The summed E-state index contributed by atoms with van der Waals surface area (Å²) in [5.41, 5.74) is 5.68. The van der Waals surface area contributed by atoms with Gasteiger partial charge in [-0.3, -0.25) is 4.79 Å². The van der Waals surface area contributed by atoms with Crippen LogP contribution >= 0.6 is 0 Å². The third kappa shape index (κ3) is 3.04. The van der Waals surface area contributed by atoms with Gasteiger partial charge >= 0.3 is 0 Å². The van der Waals surface area contributed by atoms with Gasteiger partial charge in [-0.1, -0.05) is 0 Å². The van der Waals surface area contributed by atoms with Gasteiger partial charge in [-0.2, -0.15) is 0 Å². The fraction of sp³-hybridized carbons (Fsp3) is 0.727. The van der Waals surface area contributed by atoms with Gasteiger partial charge in [0.05, 0.1) is 6.04 Å². The normalized spacial score (nSPS) is 22.1. The van der Waals surface area contributed by atoms with Crippen molar-refractivity contribution in [3.05, 3.63) is 0 Å². The average molecular weight is 194 g/mol. The van der Waals surface area contributed by atoms with Gasteiger partial charge in [-0.15, -0.1) is 12.3 Å². The van der Waals surface area contributed by atoms with E-state index in [4.69, 9.17) is 12.2 Å². The Balaban J connectivity index is 2.23. The summed E-state index contributed by atoms with van der Waals surface area (Å²) < 4.78 is 0. The smallest absolute Gasteiger partial charge is 0.239 e. The molecule has 0 spiro atoms. The minimum Gasteiger partial charge on any atom is -0.341 e. The maximum Gasteiger partial charge on any atom is 0.239 e. The predicted molar refractivity (Wildman–Crippen MR) is 56.5 cm³/mol. The van der Waals surface area contributed by atoms with E-state index in [1.165, 1.54) is 0 Å². The Morgan fingerprint density at radius 3 is 3.07 bits per heavy atom. The molecule has 1 heterocycles. The fourth-order valence-corrected chi connectivity index (χ4v) is 1.72. The second-order valence-corrected chi connectivity index (χ2v) is 3.74. The summed E-state index contributed by atoms with van der Waals surface area (Å²) in [5, 5.41) is 0. The zero-order valence-corrected chi connectivity index (χ0v) is 8.54. The Morgan fingerprint density at radius 2 is 2.36 bits per heavy atom. The Morgan fingerprint density at radius 1 is 1.57 bits per heavy atom. The van der Waals surface area contributed by atoms with E-state index in [1.807, 2.05) is 4.90 Å². The van der Waals surface area contributed by atoms with E-state index in [0.29, 0.717) is 0 Å². The molecule has 3 nitrogen and oxygen atoms in total. The summed E-state index contributed by atoms with van der Waals surface area (Å²) in [6, 6.07) is -0.267. The molecular weight excluding hydrogens is 176 g/mol. The first-order chi connectivity index (χ1) is 6.75. The molecule has 0 aromatic carbocycles. The van der Waals surface area contributed by atoms with Crippen molar-refractivity contribution in [3.8, 4) is 12.3 Å². The number of hydrogen-bond donors (Lipinski definition) is 1. The van der Waals surface area contributed by atoms with Crippen LogP contribution < -0.4 is 5.73 Å². The van der Waals surface area contributed by atoms with Gasteiger partial charge in [-0.25, -0.2) is 0 Å². The highest BCUT2D eigenvalue weighted by Gasteiger charge is 2.24. The monoisotopic (exact) mass is 194 g/mol. The molecule has 0 radical (unpaired) electrons. The van der Waals surface area contributed by atoms with Crippen LogP contribution in [0.1, 0.15) is 32.1 Å². The van der Waals surface area contributed by atoms with E-state index in [2.05, 4.69) is 5.92 Å². The zero-order valence-electron chi connectivity index (χ0n) is 8.54. The van der Waals surface area contributed by atoms with Crippen LogP contribution in [0.5, 0.6) is 0 Å². The minimum atomic E-state index is -0.267. The van der Waals surface area contributed by atoms with E-state index >= 15 is 0 Å². The van der Waals surface area contributed by atoms with Gasteiger partial charge in [-0.05, 0) is 25.7 Å². The highest BCUT2D eigenvalue weighted by Crippen LogP contribution is 2.10. The van der Waals surface area contributed by atoms with E-state index in [1.54, 1.807) is 0 Å². The number of nitrogens with zero attached hydrogens (tertiary/aromatic N) is 1. The number of amides is 1. The van der Waals surface area contributed by atoms with Crippen LogP contribution in [-0.2, 0) is 4.79 Å². The van der Waals surface area contributed by atoms with Gasteiger partial charge in [0.2, 0.25) is 5.91 Å². The van der Waals surface area contributed by atoms with Gasteiger partial charge in [0.15, 0.2) is 0 Å². The predicted octanol–water partition coefficient (Wildman–Crippen LogP) is 0.740. The van der Waals surface area contributed by atoms with Crippen LogP contribution in [-0.4, -0.2) is 29.9 Å². The number of hydrogen-bond acceptors (Lipinski definition) is 2. The second kappa shape index (κ2) is 5.66. The molecule has 0 saturated carbocycles. The molecule has 1 rings (SSSR count). The Bertz CT molecular complexity index is 232. The summed E-state index contributed by atoms with van der Waals surface area (Å²) in [4.78, 5) is 13.4. The van der Waals surface area contributed by atoms with Crippen molar-refractivity contribution in [3.63, 3.8) is 0 Å². The van der Waals surface area contributed by atoms with Crippen LogP contribution in [0.15, 0.2) is 0 Å². The maximum atomic E-state index is 11.5. The van der Waals surface area contributed by atoms with E-state index in [0.717, 1.165) is 45.2 Å². The quantitative estimate of drug-likeness (QED) is 0.530. The van der Waals surface area contributed by atoms with Crippen LogP contribution in [0.25, 0.3) is 0 Å². The lowest BCUT2D eigenvalue weighted by atomic mass is 10.1. The lowest BCUT2D eigenvalue weighted by Crippen LogP contribution is -2.48. The highest BCUT2D eigenvalue weighted by molar-refractivity contribution is 5.82. The van der Waals surface area contributed by atoms with Crippen LogP contribution in [0, 0.1) is 12.3 Å². The molecule has 0 aliphatic carbocycles. The molecule has 0 aromatic rings. The highest BCUT2D eigenvalue weighted by atomic mass is 16.2. The average Bonchev–Trinajstić information content (AvgIpc) is 2.19. The number of piperidine rings is 1. The SMILES string of the molecule is C#CCCCCN1CCCC(N)C1=O. The standard InChI is InChI=1S/C11H18N2O/c1-2-3-4-5-8-13-9-6-7-10(12)11(13)14/h1,10H,3-9,12H2. The molecular formula is C11H18N2O. The molecule has 1 aliphatic heterocycles. The van der Waals surface area contributed by atoms with Crippen molar-refractivity contribution >= 4 is 5.91 Å². The molecule has 0 aromatic heterocycles. The number of unbranched alkanes of at least 4 members (excludes halogenated alkanes) is 2. The lowest BCUT2D eigenvalue weighted by Gasteiger charge is -2.30. The molecule has 14 heavy (non-hydrogen) atoms. The topological polar surface area (TPSA) is 46.3 Å². The Labute approximate surface area is 85.6 Å². The molecule has 2 N–H and O–H groups in total. The molecule has 1 fully saturated rings. The van der Waals surface area contributed by atoms with Crippen LogP contribution in [0.3, 0.4) is 0 Å². The molecule has 78 valence electrons. The first-order valence-electron chi connectivity index (χ1n) is 5.23. The van der Waals surface area contributed by atoms with Gasteiger partial charge < -0.3 is 10.6 Å². The van der Waals surface area contributed by atoms with Crippen molar-refractivity contribution in [2.45, 2.75) is 38.1 Å². The van der Waals surface area contributed by atoms with Crippen molar-refractivity contribution in [2.75, 3.05) is 13.1 Å². The molecule has 1 aliphatic rings. The molecule has 1 amide bonds. The Kier molecular flexibility index (Phi) is 4.48. The number of likely N-dealkylation sites (tertiary alicyclic amines) is 1. The molecule has 0 bridgehead atoms. The van der Waals surface area contributed by atoms with Crippen molar-refractivity contribution in [2.24, 2.45) is 5.73 Å². The Hall–Kier alpha value is -1.01. The van der Waals surface area contributed by atoms with Gasteiger partial charge in [0.1, 0.15) is 0 Å². The summed E-state index contributed by atoms with van der Waals surface area (Å²) >= 11 is 0. The number of carbonyl (C=O) groups excluding carboxylic acids is 1. The van der Waals surface area contributed by atoms with Gasteiger partial charge in [0.25, 0.3) is 0 Å². The van der Waals surface area contributed by atoms with E-state index in [-0.39, 0.29) is 11.9 Å². The second-order valence-electron chi connectivity index (χ2n) is 3.74. The summed E-state index contributed by atoms with van der Waals surface area (Å²) in [5.74, 6) is 2.71. The molecule has 1 saturated heterocycles. The first kappa shape index (κ1) is 11.1. The summed E-state index contributed by atoms with van der Waals surface area (Å²) in [7, 11) is 0. The van der Waals surface area contributed by atoms with E-state index < -0.39 is 0 Å². The zero-order chi connectivity index (χ0) is 10.4. The summed E-state index contributed by atoms with van der Waals surface area (Å²) in [6.07, 6.45) is 9.79. The molecule has 1 atom stereocenters. The van der Waals surface area contributed by atoms with Crippen LogP contribution in [0.2, 0.25) is 0 Å². The third-order valence-electron chi connectivity index (χ3n) is 2.57. The van der Waals surface area contributed by atoms with E-state index in [9.17, 15) is 4.79 Å². The third-order valence-corrected chi connectivity index (χ3v) is 2.57. The molecule has 3 heteroatoms. The largest absolute Gasteiger partial charge is 0.341 e. The van der Waals surface area contributed by atoms with Crippen molar-refractivity contribution in [1.29, 1.82) is 0 Å². The maximum absolute atomic E-state index is 11.5. The molecule has 1 unspecified atom stereocenters. The number of nitrogens with two attached hydrogens (primary N) is 1. The fourth-order valence-electron chi connectivity index (χ4n) is 1.72. The minimum absolute atomic E-state index is 0.108. The lowest BCUT2D eigenvalue weighted by molar-refractivity contribution is -0.134. The number of carbonyl (C=O) groups is 1. The number of terminal acetylenes is 1. The van der Waals surface area contributed by atoms with Crippen molar-refractivity contribution in [1.82, 2.24) is 4.90 Å².